The van der Waals surface area contributed by atoms with Crippen molar-refractivity contribution in [3.8, 4) is 0 Å². The third kappa shape index (κ3) is 3.39. The predicted molar refractivity (Wildman–Crippen MR) is 98.6 cm³/mol. The zero-order valence-electron chi connectivity index (χ0n) is 12.9. The van der Waals surface area contributed by atoms with Crippen molar-refractivity contribution in [3.63, 3.8) is 0 Å². The third-order valence-electron chi connectivity index (χ3n) is 3.62. The van der Waals surface area contributed by atoms with Crippen LogP contribution in [0.15, 0.2) is 72.5 Å². The first-order valence-corrected chi connectivity index (χ1v) is 7.84. The van der Waals surface area contributed by atoms with Gasteiger partial charge in [-0.15, -0.1) is 6.58 Å². The van der Waals surface area contributed by atoms with Crippen molar-refractivity contribution in [1.29, 1.82) is 0 Å². The molecule has 0 radical (unpaired) electrons. The summed E-state index contributed by atoms with van der Waals surface area (Å²) in [6.45, 7) is 4.49. The third-order valence-corrected chi connectivity index (χ3v) is 3.87. The van der Waals surface area contributed by atoms with Gasteiger partial charge in [-0.1, -0.05) is 35.9 Å². The number of nitrogens with zero attached hydrogens (tertiary/aromatic N) is 2. The number of fused-ring (bicyclic) bond motifs is 1. The van der Waals surface area contributed by atoms with E-state index in [0.29, 0.717) is 17.1 Å². The van der Waals surface area contributed by atoms with Crippen LogP contribution in [0.3, 0.4) is 0 Å². The number of rotatable bonds is 5. The van der Waals surface area contributed by atoms with Crippen molar-refractivity contribution in [2.75, 3.05) is 0 Å². The molecule has 1 heterocycles. The van der Waals surface area contributed by atoms with Gasteiger partial charge in [0.05, 0.1) is 6.21 Å². The second-order valence-electron chi connectivity index (χ2n) is 5.25. The number of allylic oxidation sites excluding steroid dienone is 1. The number of hydrazone groups is 1. The molecule has 2 aromatic carbocycles. The number of amides is 1. The van der Waals surface area contributed by atoms with Gasteiger partial charge in [-0.3, -0.25) is 4.79 Å². The van der Waals surface area contributed by atoms with Gasteiger partial charge in [-0.2, -0.15) is 5.10 Å². The molecule has 1 aromatic heterocycles. The summed E-state index contributed by atoms with van der Waals surface area (Å²) < 4.78 is 2.09. The Morgan fingerprint density at radius 2 is 1.96 bits per heavy atom. The lowest BCUT2D eigenvalue weighted by atomic mass is 10.2. The van der Waals surface area contributed by atoms with Crippen molar-refractivity contribution in [1.82, 2.24) is 9.99 Å². The lowest BCUT2D eigenvalue weighted by Gasteiger charge is -1.99. The zero-order chi connectivity index (χ0) is 16.9. The van der Waals surface area contributed by atoms with Crippen LogP contribution in [-0.2, 0) is 6.54 Å². The van der Waals surface area contributed by atoms with E-state index in [-0.39, 0.29) is 5.91 Å². The number of carbonyl (C=O) groups is 1. The Hall–Kier alpha value is -2.85. The number of hydrogen-bond donors (Lipinski definition) is 1. The number of hydrogen-bond acceptors (Lipinski definition) is 2. The molecule has 0 unspecified atom stereocenters. The van der Waals surface area contributed by atoms with Crippen LogP contribution in [0.25, 0.3) is 10.9 Å². The molecule has 0 bridgehead atoms. The first kappa shape index (κ1) is 16.0. The SMILES string of the molecule is C=CCn1cc(/C=N\NC(=O)c2ccc(Cl)cc2)c2ccccc21. The maximum atomic E-state index is 12.0. The number of nitrogens with one attached hydrogen (secondary N) is 1. The van der Waals surface area contributed by atoms with Crippen molar-refractivity contribution >= 4 is 34.6 Å². The van der Waals surface area contributed by atoms with Crippen molar-refractivity contribution < 1.29 is 4.79 Å². The maximum absolute atomic E-state index is 12.0. The van der Waals surface area contributed by atoms with Crippen LogP contribution in [0.5, 0.6) is 0 Å². The second kappa shape index (κ2) is 7.15. The summed E-state index contributed by atoms with van der Waals surface area (Å²) in [4.78, 5) is 12.0. The standard InChI is InChI=1S/C19H16ClN3O/c1-2-11-23-13-15(17-5-3-4-6-18(17)23)12-21-22-19(24)14-7-9-16(20)10-8-14/h2-10,12-13H,1,11H2,(H,22,24)/b21-12-. The monoisotopic (exact) mass is 337 g/mol. The average Bonchev–Trinajstić information content (AvgIpc) is 2.94. The molecular formula is C19H16ClN3O. The number of carbonyl (C=O) groups excluding carboxylic acids is 1. The van der Waals surface area contributed by atoms with Crippen LogP contribution in [-0.4, -0.2) is 16.7 Å². The summed E-state index contributed by atoms with van der Waals surface area (Å²) >= 11 is 5.81. The topological polar surface area (TPSA) is 46.4 Å². The van der Waals surface area contributed by atoms with Crippen LogP contribution in [0.1, 0.15) is 15.9 Å². The molecule has 3 aromatic rings. The summed E-state index contributed by atoms with van der Waals surface area (Å²) in [6.07, 6.45) is 5.48. The minimum atomic E-state index is -0.280. The number of aromatic nitrogens is 1. The maximum Gasteiger partial charge on any atom is 0.271 e. The van der Waals surface area contributed by atoms with E-state index in [0.717, 1.165) is 16.5 Å². The van der Waals surface area contributed by atoms with Crippen LogP contribution < -0.4 is 5.43 Å². The highest BCUT2D eigenvalue weighted by Gasteiger charge is 2.06. The fourth-order valence-electron chi connectivity index (χ4n) is 2.49. The molecule has 120 valence electrons. The van der Waals surface area contributed by atoms with Crippen molar-refractivity contribution in [3.05, 3.63) is 83.5 Å². The van der Waals surface area contributed by atoms with Gasteiger partial charge < -0.3 is 4.57 Å². The molecule has 1 N–H and O–H groups in total. The smallest absolute Gasteiger partial charge is 0.271 e. The lowest BCUT2D eigenvalue weighted by Crippen LogP contribution is -2.17. The highest BCUT2D eigenvalue weighted by atomic mass is 35.5. The van der Waals surface area contributed by atoms with Gasteiger partial charge in [-0.05, 0) is 30.3 Å². The van der Waals surface area contributed by atoms with Crippen LogP contribution in [0, 0.1) is 0 Å². The van der Waals surface area contributed by atoms with Crippen molar-refractivity contribution in [2.24, 2.45) is 5.10 Å². The quantitative estimate of drug-likeness (QED) is 0.422. The predicted octanol–water partition coefficient (Wildman–Crippen LogP) is 4.24. The van der Waals surface area contributed by atoms with Gasteiger partial charge in [0.1, 0.15) is 0 Å². The van der Waals surface area contributed by atoms with E-state index in [9.17, 15) is 4.79 Å². The number of halogens is 1. The highest BCUT2D eigenvalue weighted by molar-refractivity contribution is 6.30. The minimum Gasteiger partial charge on any atom is -0.343 e. The largest absolute Gasteiger partial charge is 0.343 e. The van der Waals surface area contributed by atoms with Gasteiger partial charge in [0.2, 0.25) is 0 Å². The zero-order valence-corrected chi connectivity index (χ0v) is 13.7. The van der Waals surface area contributed by atoms with Crippen LogP contribution in [0.2, 0.25) is 5.02 Å². The molecule has 0 saturated heterocycles. The number of para-hydroxylation sites is 1. The molecule has 4 nitrogen and oxygen atoms in total. The van der Waals surface area contributed by atoms with E-state index >= 15 is 0 Å². The fourth-order valence-corrected chi connectivity index (χ4v) is 2.62. The van der Waals surface area contributed by atoms with Gasteiger partial charge in [0, 0.05) is 39.8 Å². The summed E-state index contributed by atoms with van der Waals surface area (Å²) in [5.41, 5.74) is 5.07. The Labute approximate surface area is 145 Å². The Kier molecular flexibility index (Phi) is 4.77. The van der Waals surface area contributed by atoms with Crippen molar-refractivity contribution in [2.45, 2.75) is 6.54 Å². The normalized spacial score (nSPS) is 11.0. The summed E-state index contributed by atoms with van der Waals surface area (Å²) in [5, 5.41) is 5.73. The molecular weight excluding hydrogens is 322 g/mol. The fraction of sp³-hybridized carbons (Fsp3) is 0.0526. The molecule has 0 spiro atoms. The van der Waals surface area contributed by atoms with Gasteiger partial charge in [-0.25, -0.2) is 5.43 Å². The summed E-state index contributed by atoms with van der Waals surface area (Å²) in [7, 11) is 0. The van der Waals surface area contributed by atoms with Crippen LogP contribution in [0.4, 0.5) is 0 Å². The summed E-state index contributed by atoms with van der Waals surface area (Å²) in [5.74, 6) is -0.280. The van der Waals surface area contributed by atoms with E-state index in [1.807, 2.05) is 36.5 Å². The molecule has 1 amide bonds. The summed E-state index contributed by atoms with van der Waals surface area (Å²) in [6, 6.07) is 14.7. The molecule has 3 rings (SSSR count). The Morgan fingerprint density at radius 1 is 1.21 bits per heavy atom. The first-order chi connectivity index (χ1) is 11.7. The molecule has 24 heavy (non-hydrogen) atoms. The lowest BCUT2D eigenvalue weighted by molar-refractivity contribution is 0.0955. The molecule has 0 aliphatic heterocycles. The highest BCUT2D eigenvalue weighted by Crippen LogP contribution is 2.20. The van der Waals surface area contributed by atoms with Gasteiger partial charge in [0.15, 0.2) is 0 Å². The minimum absolute atomic E-state index is 0.280. The number of benzene rings is 2. The van der Waals surface area contributed by atoms with E-state index in [2.05, 4.69) is 21.7 Å². The molecule has 0 atom stereocenters. The van der Waals surface area contributed by atoms with Crippen LogP contribution >= 0.6 is 11.6 Å². The van der Waals surface area contributed by atoms with E-state index in [4.69, 9.17) is 11.6 Å². The van der Waals surface area contributed by atoms with E-state index < -0.39 is 0 Å². The molecule has 0 saturated carbocycles. The average molecular weight is 338 g/mol. The first-order valence-electron chi connectivity index (χ1n) is 7.47. The van der Waals surface area contributed by atoms with Gasteiger partial charge >= 0.3 is 0 Å². The van der Waals surface area contributed by atoms with E-state index in [1.54, 1.807) is 30.5 Å². The second-order valence-corrected chi connectivity index (χ2v) is 5.69. The molecule has 0 fully saturated rings. The molecule has 5 heteroatoms. The van der Waals surface area contributed by atoms with E-state index in [1.165, 1.54) is 0 Å². The Morgan fingerprint density at radius 3 is 2.71 bits per heavy atom. The Bertz CT molecular complexity index is 910. The van der Waals surface area contributed by atoms with Gasteiger partial charge in [0.25, 0.3) is 5.91 Å². The molecule has 0 aliphatic carbocycles. The Balaban J connectivity index is 1.79. The molecule has 0 aliphatic rings.